The van der Waals surface area contributed by atoms with Crippen LogP contribution in [0.15, 0.2) is 42.5 Å². The lowest BCUT2D eigenvalue weighted by Gasteiger charge is -2.20. The van der Waals surface area contributed by atoms with Crippen molar-refractivity contribution >= 4 is 5.82 Å². The van der Waals surface area contributed by atoms with E-state index in [0.717, 1.165) is 30.0 Å². The number of benzene rings is 1. The third-order valence-corrected chi connectivity index (χ3v) is 3.60. The summed E-state index contributed by atoms with van der Waals surface area (Å²) in [6.07, 6.45) is 0.932. The molecule has 2 aromatic rings. The maximum Gasteiger partial charge on any atom is 0.128 e. The fraction of sp³-hybridized carbons (Fsp3) is 0.353. The molecular formula is C17H23N3. The van der Waals surface area contributed by atoms with Gasteiger partial charge in [0.05, 0.1) is 0 Å². The Kier molecular flexibility index (Phi) is 4.74. The van der Waals surface area contributed by atoms with E-state index in [9.17, 15) is 0 Å². The molecule has 0 saturated heterocycles. The number of pyridine rings is 1. The lowest BCUT2D eigenvalue weighted by atomic mass is 10.0. The van der Waals surface area contributed by atoms with Gasteiger partial charge in [0.15, 0.2) is 0 Å². The van der Waals surface area contributed by atoms with Crippen molar-refractivity contribution in [2.75, 3.05) is 11.9 Å². The predicted octanol–water partition coefficient (Wildman–Crippen LogP) is 3.44. The van der Waals surface area contributed by atoms with E-state index in [1.54, 1.807) is 0 Å². The Morgan fingerprint density at radius 1 is 1.15 bits per heavy atom. The van der Waals surface area contributed by atoms with Gasteiger partial charge in [-0.1, -0.05) is 43.3 Å². The first kappa shape index (κ1) is 14.5. The molecule has 0 bridgehead atoms. The normalized spacial score (nSPS) is 12.2. The van der Waals surface area contributed by atoms with Gasteiger partial charge in [-0.2, -0.15) is 0 Å². The van der Waals surface area contributed by atoms with Crippen molar-refractivity contribution in [1.29, 1.82) is 0 Å². The quantitative estimate of drug-likeness (QED) is 0.904. The number of anilines is 1. The van der Waals surface area contributed by atoms with Gasteiger partial charge < -0.3 is 10.6 Å². The molecule has 2 rings (SSSR count). The van der Waals surface area contributed by atoms with E-state index < -0.39 is 0 Å². The van der Waals surface area contributed by atoms with Gasteiger partial charge in [-0.3, -0.25) is 0 Å². The molecule has 1 atom stereocenters. The van der Waals surface area contributed by atoms with Crippen molar-refractivity contribution < 1.29 is 0 Å². The number of hydrogen-bond acceptors (Lipinski definition) is 3. The SMILES string of the molecule is CCC(N)c1ccc(N(C)Cc2ccccc2)nc1C. The van der Waals surface area contributed by atoms with Gasteiger partial charge in [-0.15, -0.1) is 0 Å². The van der Waals surface area contributed by atoms with Crippen molar-refractivity contribution in [1.82, 2.24) is 4.98 Å². The van der Waals surface area contributed by atoms with E-state index in [2.05, 4.69) is 60.3 Å². The van der Waals surface area contributed by atoms with Crippen LogP contribution in [0.4, 0.5) is 5.82 Å². The number of nitrogens with zero attached hydrogens (tertiary/aromatic N) is 2. The highest BCUT2D eigenvalue weighted by molar-refractivity contribution is 5.42. The second kappa shape index (κ2) is 6.53. The molecule has 0 aliphatic heterocycles. The van der Waals surface area contributed by atoms with Crippen molar-refractivity contribution in [3.63, 3.8) is 0 Å². The minimum absolute atomic E-state index is 0.0796. The summed E-state index contributed by atoms with van der Waals surface area (Å²) in [7, 11) is 2.06. The van der Waals surface area contributed by atoms with Crippen LogP contribution in [-0.4, -0.2) is 12.0 Å². The predicted molar refractivity (Wildman–Crippen MR) is 84.7 cm³/mol. The Morgan fingerprint density at radius 3 is 2.45 bits per heavy atom. The number of hydrogen-bond donors (Lipinski definition) is 1. The molecule has 0 saturated carbocycles. The maximum absolute atomic E-state index is 6.09. The Bertz CT molecular complexity index is 551. The van der Waals surface area contributed by atoms with E-state index in [1.165, 1.54) is 5.56 Å². The van der Waals surface area contributed by atoms with Gasteiger partial charge in [-0.05, 0) is 30.5 Å². The first-order valence-electron chi connectivity index (χ1n) is 7.10. The average Bonchev–Trinajstić information content (AvgIpc) is 2.47. The molecule has 0 radical (unpaired) electrons. The largest absolute Gasteiger partial charge is 0.355 e. The third kappa shape index (κ3) is 3.36. The fourth-order valence-corrected chi connectivity index (χ4v) is 2.32. The summed E-state index contributed by atoms with van der Waals surface area (Å²) in [5.41, 5.74) is 9.54. The zero-order valence-electron chi connectivity index (χ0n) is 12.5. The summed E-state index contributed by atoms with van der Waals surface area (Å²) < 4.78 is 0. The molecule has 1 aromatic carbocycles. The standard InChI is InChI=1S/C17H23N3/c1-4-16(18)15-10-11-17(19-13(15)2)20(3)12-14-8-6-5-7-9-14/h5-11,16H,4,12,18H2,1-3H3. The smallest absolute Gasteiger partial charge is 0.128 e. The molecule has 0 spiro atoms. The zero-order valence-corrected chi connectivity index (χ0v) is 12.5. The highest BCUT2D eigenvalue weighted by Crippen LogP contribution is 2.21. The number of rotatable bonds is 5. The molecule has 0 aliphatic carbocycles. The van der Waals surface area contributed by atoms with Crippen molar-refractivity contribution in [3.05, 3.63) is 59.3 Å². The molecule has 20 heavy (non-hydrogen) atoms. The minimum Gasteiger partial charge on any atom is -0.355 e. The van der Waals surface area contributed by atoms with Gasteiger partial charge in [0.2, 0.25) is 0 Å². The summed E-state index contributed by atoms with van der Waals surface area (Å²) in [5.74, 6) is 0.985. The van der Waals surface area contributed by atoms with Gasteiger partial charge in [0.1, 0.15) is 5.82 Å². The lowest BCUT2D eigenvalue weighted by molar-refractivity contribution is 0.688. The molecule has 0 amide bonds. The maximum atomic E-state index is 6.09. The topological polar surface area (TPSA) is 42.1 Å². The van der Waals surface area contributed by atoms with E-state index in [-0.39, 0.29) is 6.04 Å². The Hall–Kier alpha value is -1.87. The van der Waals surface area contributed by atoms with Crippen LogP contribution in [0.2, 0.25) is 0 Å². The highest BCUT2D eigenvalue weighted by Gasteiger charge is 2.10. The lowest BCUT2D eigenvalue weighted by Crippen LogP contribution is -2.19. The third-order valence-electron chi connectivity index (χ3n) is 3.60. The van der Waals surface area contributed by atoms with Crippen molar-refractivity contribution in [2.24, 2.45) is 5.73 Å². The Morgan fingerprint density at radius 2 is 1.85 bits per heavy atom. The monoisotopic (exact) mass is 269 g/mol. The fourth-order valence-electron chi connectivity index (χ4n) is 2.32. The molecule has 0 aliphatic rings. The van der Waals surface area contributed by atoms with Crippen LogP contribution >= 0.6 is 0 Å². The number of aromatic nitrogens is 1. The first-order chi connectivity index (χ1) is 9.61. The summed E-state index contributed by atoms with van der Waals surface area (Å²) in [6.45, 7) is 4.98. The molecule has 3 heteroatoms. The van der Waals surface area contributed by atoms with Crippen LogP contribution in [0.3, 0.4) is 0 Å². The molecule has 3 nitrogen and oxygen atoms in total. The Balaban J connectivity index is 2.15. The van der Waals surface area contributed by atoms with Crippen molar-refractivity contribution in [2.45, 2.75) is 32.9 Å². The summed E-state index contributed by atoms with van der Waals surface area (Å²) >= 11 is 0. The molecular weight excluding hydrogens is 246 g/mol. The van der Waals surface area contributed by atoms with Crippen LogP contribution in [0, 0.1) is 6.92 Å². The van der Waals surface area contributed by atoms with Gasteiger partial charge >= 0.3 is 0 Å². The first-order valence-corrected chi connectivity index (χ1v) is 7.10. The number of aryl methyl sites for hydroxylation is 1. The molecule has 1 unspecified atom stereocenters. The molecule has 2 N–H and O–H groups in total. The second-order valence-corrected chi connectivity index (χ2v) is 5.20. The number of nitrogens with two attached hydrogens (primary N) is 1. The van der Waals surface area contributed by atoms with E-state index in [1.807, 2.05) is 13.0 Å². The van der Waals surface area contributed by atoms with Crippen LogP contribution in [0.25, 0.3) is 0 Å². The Labute approximate surface area is 121 Å². The minimum atomic E-state index is 0.0796. The van der Waals surface area contributed by atoms with Gasteiger partial charge in [-0.25, -0.2) is 4.98 Å². The van der Waals surface area contributed by atoms with Crippen LogP contribution in [0.5, 0.6) is 0 Å². The van der Waals surface area contributed by atoms with Gasteiger partial charge in [0, 0.05) is 25.3 Å². The average molecular weight is 269 g/mol. The highest BCUT2D eigenvalue weighted by atomic mass is 15.2. The molecule has 106 valence electrons. The summed E-state index contributed by atoms with van der Waals surface area (Å²) in [6, 6.07) is 14.7. The molecule has 1 aromatic heterocycles. The summed E-state index contributed by atoms with van der Waals surface area (Å²) in [5, 5.41) is 0. The molecule has 0 fully saturated rings. The van der Waals surface area contributed by atoms with E-state index >= 15 is 0 Å². The van der Waals surface area contributed by atoms with E-state index in [4.69, 9.17) is 5.73 Å². The van der Waals surface area contributed by atoms with Crippen molar-refractivity contribution in [3.8, 4) is 0 Å². The summed E-state index contributed by atoms with van der Waals surface area (Å²) in [4.78, 5) is 6.84. The molecule has 1 heterocycles. The van der Waals surface area contributed by atoms with Crippen LogP contribution < -0.4 is 10.6 Å². The van der Waals surface area contributed by atoms with Crippen LogP contribution in [-0.2, 0) is 6.54 Å². The van der Waals surface area contributed by atoms with Crippen LogP contribution in [0.1, 0.15) is 36.2 Å². The second-order valence-electron chi connectivity index (χ2n) is 5.20. The zero-order chi connectivity index (χ0) is 14.5. The van der Waals surface area contributed by atoms with E-state index in [0.29, 0.717) is 0 Å². The van der Waals surface area contributed by atoms with Gasteiger partial charge in [0.25, 0.3) is 0 Å².